The number of nitrogens with zero attached hydrogens (tertiary/aromatic N) is 2. The van der Waals surface area contributed by atoms with Crippen LogP contribution in [0.4, 0.5) is 4.79 Å². The van der Waals surface area contributed by atoms with E-state index in [0.29, 0.717) is 37.2 Å². The van der Waals surface area contributed by atoms with E-state index >= 15 is 0 Å². The fourth-order valence-electron chi connectivity index (χ4n) is 3.93. The fraction of sp³-hybridized carbons (Fsp3) is 0.400. The minimum absolute atomic E-state index is 0.0771. The molecular weight excluding hydrogens is 408 g/mol. The van der Waals surface area contributed by atoms with E-state index in [1.165, 1.54) is 4.90 Å². The van der Waals surface area contributed by atoms with Gasteiger partial charge in [-0.25, -0.2) is 4.79 Å². The third-order valence-corrected chi connectivity index (χ3v) is 5.53. The van der Waals surface area contributed by atoms with Crippen molar-refractivity contribution in [2.45, 2.75) is 45.3 Å². The van der Waals surface area contributed by atoms with Crippen LogP contribution >= 0.6 is 0 Å². The van der Waals surface area contributed by atoms with Crippen LogP contribution in [0.1, 0.15) is 53.5 Å². The SMILES string of the molecule is CC(C)(C)OC(=O)N1CCC(Oc2ccc(CCN3C(=O)c4ccccc4C3=O)cc2)C1. The van der Waals surface area contributed by atoms with Gasteiger partial charge in [0.25, 0.3) is 11.8 Å². The van der Waals surface area contributed by atoms with E-state index < -0.39 is 5.60 Å². The highest BCUT2D eigenvalue weighted by Gasteiger charge is 2.34. The summed E-state index contributed by atoms with van der Waals surface area (Å²) in [5.74, 6) is 0.258. The molecule has 4 rings (SSSR count). The van der Waals surface area contributed by atoms with Crippen molar-refractivity contribution in [2.24, 2.45) is 0 Å². The molecule has 7 heteroatoms. The van der Waals surface area contributed by atoms with Crippen molar-refractivity contribution < 1.29 is 23.9 Å². The van der Waals surface area contributed by atoms with Gasteiger partial charge >= 0.3 is 6.09 Å². The van der Waals surface area contributed by atoms with E-state index in [1.807, 2.05) is 45.0 Å². The van der Waals surface area contributed by atoms with Crippen molar-refractivity contribution in [2.75, 3.05) is 19.6 Å². The molecule has 3 amide bonds. The molecule has 1 atom stereocenters. The maximum absolute atomic E-state index is 12.5. The van der Waals surface area contributed by atoms with Gasteiger partial charge in [-0.2, -0.15) is 0 Å². The number of benzene rings is 2. The van der Waals surface area contributed by atoms with E-state index in [2.05, 4.69) is 0 Å². The molecule has 1 unspecified atom stereocenters. The lowest BCUT2D eigenvalue weighted by molar-refractivity contribution is 0.0275. The maximum Gasteiger partial charge on any atom is 0.410 e. The summed E-state index contributed by atoms with van der Waals surface area (Å²) in [7, 11) is 0. The average molecular weight is 437 g/mol. The molecule has 2 aromatic carbocycles. The predicted octanol–water partition coefficient (Wildman–Crippen LogP) is 3.91. The quantitative estimate of drug-likeness (QED) is 0.664. The smallest absolute Gasteiger partial charge is 0.410 e. The van der Waals surface area contributed by atoms with Gasteiger partial charge in [0.15, 0.2) is 0 Å². The normalized spacial score (nSPS) is 18.2. The lowest BCUT2D eigenvalue weighted by atomic mass is 10.1. The van der Waals surface area contributed by atoms with Crippen molar-refractivity contribution in [3.05, 3.63) is 65.2 Å². The molecule has 0 saturated carbocycles. The van der Waals surface area contributed by atoms with Crippen molar-refractivity contribution in [3.63, 3.8) is 0 Å². The van der Waals surface area contributed by atoms with Crippen molar-refractivity contribution in [1.82, 2.24) is 9.80 Å². The summed E-state index contributed by atoms with van der Waals surface area (Å²) in [6.07, 6.45) is 0.932. The Labute approximate surface area is 187 Å². The van der Waals surface area contributed by atoms with E-state index in [9.17, 15) is 14.4 Å². The molecule has 0 N–H and O–H groups in total. The first-order valence-corrected chi connectivity index (χ1v) is 10.9. The molecular formula is C25H28N2O5. The van der Waals surface area contributed by atoms with Gasteiger partial charge in [0.05, 0.1) is 17.7 Å². The second-order valence-electron chi connectivity index (χ2n) is 9.16. The van der Waals surface area contributed by atoms with Crippen LogP contribution in [0.3, 0.4) is 0 Å². The number of amides is 3. The molecule has 0 aliphatic carbocycles. The maximum atomic E-state index is 12.5. The van der Waals surface area contributed by atoms with Gasteiger partial charge in [-0.05, 0) is 57.0 Å². The van der Waals surface area contributed by atoms with E-state index in [4.69, 9.17) is 9.47 Å². The van der Waals surface area contributed by atoms with Gasteiger partial charge in [-0.15, -0.1) is 0 Å². The molecule has 0 aromatic heterocycles. The predicted molar refractivity (Wildman–Crippen MR) is 119 cm³/mol. The largest absolute Gasteiger partial charge is 0.489 e. The van der Waals surface area contributed by atoms with Gasteiger partial charge < -0.3 is 14.4 Å². The van der Waals surface area contributed by atoms with Crippen LogP contribution in [-0.4, -0.2) is 59.0 Å². The van der Waals surface area contributed by atoms with Gasteiger partial charge in [0, 0.05) is 19.5 Å². The molecule has 0 spiro atoms. The lowest BCUT2D eigenvalue weighted by Crippen LogP contribution is -2.36. The standard InChI is InChI=1S/C25H28N2O5/c1-25(2,3)32-24(30)26-14-13-19(16-26)31-18-10-8-17(9-11-18)12-15-27-22(28)20-6-4-5-7-21(20)23(27)29/h4-11,19H,12-16H2,1-3H3. The van der Waals surface area contributed by atoms with Crippen LogP contribution in [0.2, 0.25) is 0 Å². The van der Waals surface area contributed by atoms with Crippen LogP contribution < -0.4 is 4.74 Å². The first-order chi connectivity index (χ1) is 15.2. The van der Waals surface area contributed by atoms with Gasteiger partial charge in [-0.3, -0.25) is 14.5 Å². The molecule has 2 heterocycles. The molecule has 1 fully saturated rings. The molecule has 2 aliphatic heterocycles. The van der Waals surface area contributed by atoms with Crippen LogP contribution in [0, 0.1) is 0 Å². The average Bonchev–Trinajstić information content (AvgIpc) is 3.30. The van der Waals surface area contributed by atoms with Crippen LogP contribution in [0.5, 0.6) is 5.75 Å². The minimum atomic E-state index is -0.515. The first-order valence-electron chi connectivity index (χ1n) is 10.9. The Hall–Kier alpha value is -3.35. The zero-order valence-corrected chi connectivity index (χ0v) is 18.7. The highest BCUT2D eigenvalue weighted by Crippen LogP contribution is 2.24. The summed E-state index contributed by atoms with van der Waals surface area (Å²) >= 11 is 0. The Morgan fingerprint density at radius 3 is 2.22 bits per heavy atom. The number of imide groups is 1. The number of rotatable bonds is 5. The zero-order chi connectivity index (χ0) is 22.9. The van der Waals surface area contributed by atoms with Gasteiger partial charge in [0.1, 0.15) is 17.5 Å². The number of hydrogen-bond acceptors (Lipinski definition) is 5. The van der Waals surface area contributed by atoms with Crippen molar-refractivity contribution in [1.29, 1.82) is 0 Å². The molecule has 2 aliphatic rings. The van der Waals surface area contributed by atoms with E-state index in [-0.39, 0.29) is 24.0 Å². The Morgan fingerprint density at radius 1 is 1.00 bits per heavy atom. The second kappa shape index (κ2) is 8.65. The molecule has 0 bridgehead atoms. The lowest BCUT2D eigenvalue weighted by Gasteiger charge is -2.24. The molecule has 2 aromatic rings. The monoisotopic (exact) mass is 436 g/mol. The number of carbonyl (C=O) groups is 3. The summed E-state index contributed by atoms with van der Waals surface area (Å²) in [5.41, 5.74) is 1.44. The van der Waals surface area contributed by atoms with E-state index in [1.54, 1.807) is 29.2 Å². The Balaban J connectivity index is 1.28. The van der Waals surface area contributed by atoms with Crippen molar-refractivity contribution >= 4 is 17.9 Å². The summed E-state index contributed by atoms with van der Waals surface area (Å²) in [4.78, 5) is 40.1. The number of fused-ring (bicyclic) bond motifs is 1. The van der Waals surface area contributed by atoms with Gasteiger partial charge in [-0.1, -0.05) is 24.3 Å². The summed E-state index contributed by atoms with van der Waals surface area (Å²) in [5, 5.41) is 0. The van der Waals surface area contributed by atoms with Gasteiger partial charge in [0.2, 0.25) is 0 Å². The van der Waals surface area contributed by atoms with Crippen LogP contribution in [-0.2, 0) is 11.2 Å². The molecule has 0 radical (unpaired) electrons. The zero-order valence-electron chi connectivity index (χ0n) is 18.7. The number of carbonyl (C=O) groups excluding carboxylic acids is 3. The molecule has 32 heavy (non-hydrogen) atoms. The summed E-state index contributed by atoms with van der Waals surface area (Å²) < 4.78 is 11.4. The molecule has 1 saturated heterocycles. The van der Waals surface area contributed by atoms with Crippen molar-refractivity contribution in [3.8, 4) is 5.75 Å². The number of hydrogen-bond donors (Lipinski definition) is 0. The third kappa shape index (κ3) is 4.77. The molecule has 168 valence electrons. The van der Waals surface area contributed by atoms with Crippen LogP contribution in [0.25, 0.3) is 0 Å². The highest BCUT2D eigenvalue weighted by atomic mass is 16.6. The fourth-order valence-corrected chi connectivity index (χ4v) is 3.93. The molecule has 7 nitrogen and oxygen atoms in total. The Bertz CT molecular complexity index is 990. The summed E-state index contributed by atoms with van der Waals surface area (Å²) in [6, 6.07) is 14.6. The first kappa shape index (κ1) is 21.9. The van der Waals surface area contributed by atoms with Crippen LogP contribution in [0.15, 0.2) is 48.5 Å². The highest BCUT2D eigenvalue weighted by molar-refractivity contribution is 6.21. The number of ether oxygens (including phenoxy) is 2. The second-order valence-corrected chi connectivity index (χ2v) is 9.16. The Kier molecular flexibility index (Phi) is 5.91. The third-order valence-electron chi connectivity index (χ3n) is 5.53. The number of likely N-dealkylation sites (tertiary alicyclic amines) is 1. The Morgan fingerprint density at radius 2 is 1.62 bits per heavy atom. The summed E-state index contributed by atoms with van der Waals surface area (Å²) in [6.45, 7) is 7.00. The topological polar surface area (TPSA) is 76.2 Å². The van der Waals surface area contributed by atoms with E-state index in [0.717, 1.165) is 17.7 Å². The minimum Gasteiger partial charge on any atom is -0.489 e.